The van der Waals surface area contributed by atoms with Gasteiger partial charge in [0.25, 0.3) is 5.91 Å². The summed E-state index contributed by atoms with van der Waals surface area (Å²) in [6.45, 7) is 1.68. The van der Waals surface area contributed by atoms with Gasteiger partial charge in [0.2, 0.25) is 0 Å². The number of rotatable bonds is 2. The van der Waals surface area contributed by atoms with Gasteiger partial charge in [0.15, 0.2) is 0 Å². The van der Waals surface area contributed by atoms with Crippen molar-refractivity contribution in [3.8, 4) is 16.9 Å². The molecule has 1 aromatic heterocycles. The lowest BCUT2D eigenvalue weighted by atomic mass is 10.0. The molecule has 0 radical (unpaired) electrons. The van der Waals surface area contributed by atoms with Crippen LogP contribution in [0.5, 0.6) is 5.75 Å². The van der Waals surface area contributed by atoms with Crippen LogP contribution in [0.1, 0.15) is 23.2 Å². The van der Waals surface area contributed by atoms with Gasteiger partial charge in [0.1, 0.15) is 11.3 Å². The summed E-state index contributed by atoms with van der Waals surface area (Å²) in [5.41, 5.74) is 3.08. The maximum Gasteiger partial charge on any atom is 0.253 e. The molecular formula is C20H18N2O2. The van der Waals surface area contributed by atoms with Gasteiger partial charge in [-0.25, -0.2) is 0 Å². The van der Waals surface area contributed by atoms with Crippen molar-refractivity contribution in [2.45, 2.75) is 12.8 Å². The molecule has 0 bridgehead atoms. The van der Waals surface area contributed by atoms with Gasteiger partial charge in [-0.3, -0.25) is 9.78 Å². The summed E-state index contributed by atoms with van der Waals surface area (Å²) < 4.78 is 0. The van der Waals surface area contributed by atoms with E-state index in [1.807, 2.05) is 47.4 Å². The molecule has 0 aliphatic carbocycles. The Morgan fingerprint density at radius 1 is 1.00 bits per heavy atom. The predicted molar refractivity (Wildman–Crippen MR) is 94.0 cm³/mol. The Labute approximate surface area is 140 Å². The number of hydrogen-bond donors (Lipinski definition) is 1. The highest BCUT2D eigenvalue weighted by Crippen LogP contribution is 2.31. The molecule has 1 amide bonds. The Kier molecular flexibility index (Phi) is 3.65. The van der Waals surface area contributed by atoms with E-state index in [0.717, 1.165) is 42.4 Å². The first kappa shape index (κ1) is 14.7. The van der Waals surface area contributed by atoms with Crippen molar-refractivity contribution in [2.75, 3.05) is 13.1 Å². The zero-order valence-corrected chi connectivity index (χ0v) is 13.3. The molecule has 1 saturated heterocycles. The van der Waals surface area contributed by atoms with Crippen molar-refractivity contribution in [1.82, 2.24) is 9.88 Å². The van der Waals surface area contributed by atoms with Crippen LogP contribution in [0.3, 0.4) is 0 Å². The second-order valence-electron chi connectivity index (χ2n) is 6.15. The van der Waals surface area contributed by atoms with Crippen molar-refractivity contribution >= 4 is 16.8 Å². The average molecular weight is 318 g/mol. The highest BCUT2D eigenvalue weighted by molar-refractivity contribution is 5.96. The minimum Gasteiger partial charge on any atom is -0.506 e. The number of fused-ring (bicyclic) bond motifs is 1. The van der Waals surface area contributed by atoms with Crippen LogP contribution in [0.15, 0.2) is 54.7 Å². The summed E-state index contributed by atoms with van der Waals surface area (Å²) in [4.78, 5) is 18.7. The lowest BCUT2D eigenvalue weighted by Gasteiger charge is -2.16. The number of amides is 1. The number of aromatic hydroxyl groups is 1. The topological polar surface area (TPSA) is 53.4 Å². The van der Waals surface area contributed by atoms with Crippen molar-refractivity contribution < 1.29 is 9.90 Å². The molecule has 0 atom stereocenters. The van der Waals surface area contributed by atoms with Gasteiger partial charge >= 0.3 is 0 Å². The van der Waals surface area contributed by atoms with Crippen LogP contribution in [-0.4, -0.2) is 34.0 Å². The van der Waals surface area contributed by atoms with E-state index in [-0.39, 0.29) is 11.7 Å². The zero-order valence-electron chi connectivity index (χ0n) is 13.3. The smallest absolute Gasteiger partial charge is 0.253 e. The number of likely N-dealkylation sites (tertiary alicyclic amines) is 1. The van der Waals surface area contributed by atoms with Gasteiger partial charge in [-0.2, -0.15) is 0 Å². The Bertz CT molecular complexity index is 914. The number of benzene rings is 2. The van der Waals surface area contributed by atoms with Crippen molar-refractivity contribution in [2.24, 2.45) is 0 Å². The lowest BCUT2D eigenvalue weighted by molar-refractivity contribution is 0.0793. The highest BCUT2D eigenvalue weighted by atomic mass is 16.3. The molecule has 1 fully saturated rings. The fourth-order valence-corrected chi connectivity index (χ4v) is 3.27. The summed E-state index contributed by atoms with van der Waals surface area (Å²) in [7, 11) is 0. The molecule has 120 valence electrons. The SMILES string of the molecule is O=C(c1cccc(-c2cc(O)c3ncccc3c2)c1)N1CCCC1. The van der Waals surface area contributed by atoms with E-state index in [9.17, 15) is 9.90 Å². The largest absolute Gasteiger partial charge is 0.506 e. The Balaban J connectivity index is 1.74. The molecule has 4 heteroatoms. The lowest BCUT2D eigenvalue weighted by Crippen LogP contribution is -2.27. The first-order chi connectivity index (χ1) is 11.7. The fourth-order valence-electron chi connectivity index (χ4n) is 3.27. The maximum atomic E-state index is 12.6. The molecule has 4 rings (SSSR count). The monoisotopic (exact) mass is 318 g/mol. The number of pyridine rings is 1. The molecule has 2 aromatic carbocycles. The summed E-state index contributed by atoms with van der Waals surface area (Å²) in [6.07, 6.45) is 3.82. The minimum absolute atomic E-state index is 0.0843. The molecule has 3 aromatic rings. The summed E-state index contributed by atoms with van der Waals surface area (Å²) in [6, 6.07) is 15.1. The summed E-state index contributed by atoms with van der Waals surface area (Å²) in [5, 5.41) is 11.1. The van der Waals surface area contributed by atoms with Gasteiger partial charge in [-0.1, -0.05) is 18.2 Å². The summed E-state index contributed by atoms with van der Waals surface area (Å²) >= 11 is 0. The first-order valence-electron chi connectivity index (χ1n) is 8.20. The predicted octanol–water partition coefficient (Wildman–Crippen LogP) is 3.84. The molecule has 2 heterocycles. The van der Waals surface area contributed by atoms with Crippen LogP contribution >= 0.6 is 0 Å². The van der Waals surface area contributed by atoms with Crippen LogP contribution < -0.4 is 0 Å². The van der Waals surface area contributed by atoms with Gasteiger partial charge in [0.05, 0.1) is 0 Å². The molecule has 0 unspecified atom stereocenters. The number of phenols is 1. The molecular weight excluding hydrogens is 300 g/mol. The number of nitrogens with zero attached hydrogens (tertiary/aromatic N) is 2. The van der Waals surface area contributed by atoms with Crippen LogP contribution in [0, 0.1) is 0 Å². The Morgan fingerprint density at radius 3 is 2.67 bits per heavy atom. The number of hydrogen-bond acceptors (Lipinski definition) is 3. The molecule has 4 nitrogen and oxygen atoms in total. The number of phenolic OH excluding ortho intramolecular Hbond substituents is 1. The Morgan fingerprint density at radius 2 is 1.83 bits per heavy atom. The molecule has 1 N–H and O–H groups in total. The molecule has 24 heavy (non-hydrogen) atoms. The van der Waals surface area contributed by atoms with Crippen molar-refractivity contribution in [3.05, 3.63) is 60.3 Å². The van der Waals surface area contributed by atoms with Gasteiger partial charge in [-0.05, 0) is 54.3 Å². The van der Waals surface area contributed by atoms with E-state index in [4.69, 9.17) is 0 Å². The molecule has 1 aliphatic rings. The number of aromatic nitrogens is 1. The van der Waals surface area contributed by atoms with Crippen LogP contribution in [-0.2, 0) is 0 Å². The van der Waals surface area contributed by atoms with Crippen molar-refractivity contribution in [3.63, 3.8) is 0 Å². The highest BCUT2D eigenvalue weighted by Gasteiger charge is 2.19. The third kappa shape index (κ3) is 2.60. The quantitative estimate of drug-likeness (QED) is 0.781. The minimum atomic E-state index is 0.0843. The second kappa shape index (κ2) is 5.96. The first-order valence-corrected chi connectivity index (χ1v) is 8.20. The molecule has 1 aliphatic heterocycles. The average Bonchev–Trinajstić information content (AvgIpc) is 3.16. The second-order valence-corrected chi connectivity index (χ2v) is 6.15. The molecule has 0 saturated carbocycles. The van der Waals surface area contributed by atoms with Gasteiger partial charge in [-0.15, -0.1) is 0 Å². The maximum absolute atomic E-state index is 12.6. The van der Waals surface area contributed by atoms with Gasteiger partial charge < -0.3 is 10.0 Å². The summed E-state index contributed by atoms with van der Waals surface area (Å²) in [5.74, 6) is 0.236. The fraction of sp³-hybridized carbons (Fsp3) is 0.200. The Hall–Kier alpha value is -2.88. The third-order valence-corrected chi connectivity index (χ3v) is 4.52. The van der Waals surface area contributed by atoms with Crippen molar-refractivity contribution in [1.29, 1.82) is 0 Å². The number of carbonyl (C=O) groups excluding carboxylic acids is 1. The van der Waals surface area contributed by atoms with Crippen LogP contribution in [0.4, 0.5) is 0 Å². The molecule has 0 spiro atoms. The zero-order chi connectivity index (χ0) is 16.5. The van der Waals surface area contributed by atoms with E-state index in [1.54, 1.807) is 12.3 Å². The number of carbonyl (C=O) groups is 1. The van der Waals surface area contributed by atoms with Gasteiger partial charge in [0, 0.05) is 30.2 Å². The van der Waals surface area contributed by atoms with Crippen LogP contribution in [0.25, 0.3) is 22.0 Å². The van der Waals surface area contributed by atoms with E-state index in [2.05, 4.69) is 4.98 Å². The van der Waals surface area contributed by atoms with E-state index >= 15 is 0 Å². The standard InChI is InChI=1S/C20H18N2O2/c23-18-13-17(12-15-7-4-8-21-19(15)18)14-5-3-6-16(11-14)20(24)22-9-1-2-10-22/h3-8,11-13,23H,1-2,9-10H2. The van der Waals surface area contributed by atoms with E-state index in [0.29, 0.717) is 11.1 Å². The van der Waals surface area contributed by atoms with E-state index < -0.39 is 0 Å². The van der Waals surface area contributed by atoms with Crippen LogP contribution in [0.2, 0.25) is 0 Å². The van der Waals surface area contributed by atoms with E-state index in [1.165, 1.54) is 0 Å². The normalized spacial score (nSPS) is 14.2. The third-order valence-electron chi connectivity index (χ3n) is 4.52.